The van der Waals surface area contributed by atoms with Gasteiger partial charge in [-0.2, -0.15) is 0 Å². The molecule has 0 radical (unpaired) electrons. The third-order valence-electron chi connectivity index (χ3n) is 5.11. The van der Waals surface area contributed by atoms with Crippen molar-refractivity contribution in [1.29, 1.82) is 0 Å². The van der Waals surface area contributed by atoms with Gasteiger partial charge in [0.25, 0.3) is 0 Å². The van der Waals surface area contributed by atoms with Gasteiger partial charge in [0.1, 0.15) is 5.76 Å². The summed E-state index contributed by atoms with van der Waals surface area (Å²) in [4.78, 5) is 6.54. The van der Waals surface area contributed by atoms with Crippen molar-refractivity contribution in [3.63, 3.8) is 0 Å². The van der Waals surface area contributed by atoms with E-state index in [1.165, 1.54) is 27.7 Å². The molecule has 27 heavy (non-hydrogen) atoms. The summed E-state index contributed by atoms with van der Waals surface area (Å²) in [5.41, 5.74) is 6.44. The van der Waals surface area contributed by atoms with E-state index < -0.39 is 0 Å². The van der Waals surface area contributed by atoms with Crippen molar-refractivity contribution in [3.05, 3.63) is 65.1 Å². The normalized spacial score (nSPS) is 15.4. The van der Waals surface area contributed by atoms with Gasteiger partial charge in [-0.1, -0.05) is 11.6 Å². The van der Waals surface area contributed by atoms with Crippen molar-refractivity contribution >= 4 is 22.9 Å². The summed E-state index contributed by atoms with van der Waals surface area (Å²) in [5.74, 6) is 0.881. The molecule has 0 saturated heterocycles. The lowest BCUT2D eigenvalue weighted by Crippen LogP contribution is -2.26. The molecule has 0 amide bonds. The van der Waals surface area contributed by atoms with Crippen LogP contribution in [0.2, 0.25) is 0 Å². The minimum atomic E-state index is 0.107. The lowest BCUT2D eigenvalue weighted by Gasteiger charge is -2.24. The number of aryl methyl sites for hydroxylation is 1. The Kier molecular flexibility index (Phi) is 4.75. The van der Waals surface area contributed by atoms with E-state index in [1.54, 1.807) is 0 Å². The Morgan fingerprint density at radius 1 is 1.19 bits per heavy atom. The fourth-order valence-corrected chi connectivity index (χ4v) is 3.85. The first-order valence-corrected chi connectivity index (χ1v) is 9.62. The van der Waals surface area contributed by atoms with E-state index in [0.717, 1.165) is 30.8 Å². The molecule has 2 aromatic heterocycles. The van der Waals surface area contributed by atoms with Crippen LogP contribution in [-0.4, -0.2) is 34.1 Å². The van der Waals surface area contributed by atoms with Crippen LogP contribution < -0.4 is 0 Å². The van der Waals surface area contributed by atoms with Crippen molar-refractivity contribution < 1.29 is 4.74 Å². The van der Waals surface area contributed by atoms with Gasteiger partial charge in [-0.25, -0.2) is 0 Å². The summed E-state index contributed by atoms with van der Waals surface area (Å²) in [5, 5.41) is 1.35. The molecular weight excluding hydrogens is 334 g/mol. The molecule has 3 heterocycles. The van der Waals surface area contributed by atoms with Crippen molar-refractivity contribution in [2.45, 2.75) is 39.8 Å². The highest BCUT2D eigenvalue weighted by Crippen LogP contribution is 2.33. The summed E-state index contributed by atoms with van der Waals surface area (Å²) in [6.45, 7) is 8.36. The van der Waals surface area contributed by atoms with Crippen LogP contribution in [0.4, 0.5) is 0 Å². The average molecular weight is 361 g/mol. The largest absolute Gasteiger partial charge is 0.489 e. The van der Waals surface area contributed by atoms with Gasteiger partial charge in [0.05, 0.1) is 17.8 Å². The molecule has 4 rings (SSSR count). The number of hydrogen-bond donors (Lipinski definition) is 0. The molecule has 0 atom stereocenters. The SMILES string of the molecule is Cc1ccc2c(c1)c1c(n2C=C(OC(C)C)c2ccncc2)CCN(C)C1. The van der Waals surface area contributed by atoms with Crippen molar-refractivity contribution in [3.8, 4) is 0 Å². The Morgan fingerprint density at radius 3 is 2.70 bits per heavy atom. The highest BCUT2D eigenvalue weighted by atomic mass is 16.5. The topological polar surface area (TPSA) is 30.3 Å². The number of aromatic nitrogens is 2. The number of nitrogens with zero attached hydrogens (tertiary/aromatic N) is 3. The van der Waals surface area contributed by atoms with E-state index in [-0.39, 0.29) is 6.10 Å². The van der Waals surface area contributed by atoms with Gasteiger partial charge in [-0.3, -0.25) is 4.98 Å². The lowest BCUT2D eigenvalue weighted by atomic mass is 10.0. The van der Waals surface area contributed by atoms with Crippen LogP contribution in [0.1, 0.15) is 36.2 Å². The summed E-state index contributed by atoms with van der Waals surface area (Å²) < 4.78 is 8.54. The van der Waals surface area contributed by atoms with Gasteiger partial charge in [0, 0.05) is 48.5 Å². The molecular formula is C23H27N3O. The molecule has 3 aromatic rings. The van der Waals surface area contributed by atoms with E-state index in [2.05, 4.69) is 66.7 Å². The van der Waals surface area contributed by atoms with Crippen LogP contribution in [0.25, 0.3) is 22.9 Å². The maximum absolute atomic E-state index is 6.20. The summed E-state index contributed by atoms with van der Waals surface area (Å²) in [6, 6.07) is 10.7. The standard InChI is InChI=1S/C23H27N3O/c1-16(2)27-23(18-7-10-24-11-8-18)15-26-21-6-5-17(3)13-19(21)20-14-25(4)12-9-22(20)26/h5-8,10-11,13,15-16H,9,12,14H2,1-4H3. The molecule has 0 N–H and O–H groups in total. The third-order valence-corrected chi connectivity index (χ3v) is 5.11. The zero-order valence-corrected chi connectivity index (χ0v) is 16.6. The van der Waals surface area contributed by atoms with Gasteiger partial charge < -0.3 is 14.2 Å². The fourth-order valence-electron chi connectivity index (χ4n) is 3.85. The van der Waals surface area contributed by atoms with Crippen LogP contribution in [-0.2, 0) is 17.7 Å². The Bertz CT molecular complexity index is 986. The van der Waals surface area contributed by atoms with E-state index in [9.17, 15) is 0 Å². The van der Waals surface area contributed by atoms with Crippen molar-refractivity contribution in [2.75, 3.05) is 13.6 Å². The highest BCUT2D eigenvalue weighted by molar-refractivity contribution is 5.90. The smallest absolute Gasteiger partial charge is 0.143 e. The second kappa shape index (κ2) is 7.20. The van der Waals surface area contributed by atoms with Gasteiger partial charge in [0.2, 0.25) is 0 Å². The summed E-state index contributed by atoms with van der Waals surface area (Å²) in [6.07, 6.45) is 6.94. The fraction of sp³-hybridized carbons (Fsp3) is 0.348. The number of benzene rings is 1. The van der Waals surface area contributed by atoms with Gasteiger partial charge in [0.15, 0.2) is 0 Å². The quantitative estimate of drug-likeness (QED) is 0.630. The van der Waals surface area contributed by atoms with E-state index in [4.69, 9.17) is 4.74 Å². The number of pyridine rings is 1. The molecule has 1 aliphatic rings. The Labute approximate surface area is 161 Å². The number of fused-ring (bicyclic) bond motifs is 3. The molecule has 0 unspecified atom stereocenters. The Hall–Kier alpha value is -2.59. The van der Waals surface area contributed by atoms with Crippen LogP contribution >= 0.6 is 0 Å². The Balaban J connectivity index is 1.93. The zero-order chi connectivity index (χ0) is 19.0. The second-order valence-corrected chi connectivity index (χ2v) is 7.70. The molecule has 1 aliphatic heterocycles. The van der Waals surface area contributed by atoms with Crippen LogP contribution in [0.15, 0.2) is 42.7 Å². The van der Waals surface area contributed by atoms with Gasteiger partial charge in [-0.05, 0) is 57.6 Å². The number of rotatable bonds is 4. The van der Waals surface area contributed by atoms with Gasteiger partial charge in [-0.15, -0.1) is 0 Å². The predicted octanol–water partition coefficient (Wildman–Crippen LogP) is 4.71. The van der Waals surface area contributed by atoms with Crippen molar-refractivity contribution in [2.24, 2.45) is 0 Å². The third kappa shape index (κ3) is 3.50. The molecule has 0 spiro atoms. The molecule has 140 valence electrons. The predicted molar refractivity (Wildman–Crippen MR) is 111 cm³/mol. The first-order chi connectivity index (χ1) is 13.0. The van der Waals surface area contributed by atoms with Crippen LogP contribution in [0, 0.1) is 6.92 Å². The molecule has 0 bridgehead atoms. The number of ether oxygens (including phenoxy) is 1. The maximum Gasteiger partial charge on any atom is 0.143 e. The molecule has 4 heteroatoms. The van der Waals surface area contributed by atoms with E-state index in [0.29, 0.717) is 0 Å². The van der Waals surface area contributed by atoms with Crippen molar-refractivity contribution in [1.82, 2.24) is 14.5 Å². The first kappa shape index (κ1) is 17.8. The number of likely N-dealkylation sites (N-methyl/N-ethyl adjacent to an activating group) is 1. The first-order valence-electron chi connectivity index (χ1n) is 9.62. The average Bonchev–Trinajstić information content (AvgIpc) is 2.94. The minimum Gasteiger partial charge on any atom is -0.489 e. The summed E-state index contributed by atoms with van der Waals surface area (Å²) in [7, 11) is 2.20. The van der Waals surface area contributed by atoms with E-state index >= 15 is 0 Å². The summed E-state index contributed by atoms with van der Waals surface area (Å²) >= 11 is 0. The molecule has 0 saturated carbocycles. The number of hydrogen-bond acceptors (Lipinski definition) is 3. The highest BCUT2D eigenvalue weighted by Gasteiger charge is 2.22. The van der Waals surface area contributed by atoms with E-state index in [1.807, 2.05) is 24.5 Å². The van der Waals surface area contributed by atoms with Gasteiger partial charge >= 0.3 is 0 Å². The molecule has 4 nitrogen and oxygen atoms in total. The monoisotopic (exact) mass is 361 g/mol. The Morgan fingerprint density at radius 2 is 1.96 bits per heavy atom. The van der Waals surface area contributed by atoms with Crippen LogP contribution in [0.3, 0.4) is 0 Å². The second-order valence-electron chi connectivity index (χ2n) is 7.70. The molecule has 1 aromatic carbocycles. The molecule has 0 aliphatic carbocycles. The maximum atomic E-state index is 6.20. The minimum absolute atomic E-state index is 0.107. The van der Waals surface area contributed by atoms with Crippen LogP contribution in [0.5, 0.6) is 0 Å². The lowest BCUT2D eigenvalue weighted by molar-refractivity contribution is 0.205. The molecule has 0 fully saturated rings. The zero-order valence-electron chi connectivity index (χ0n) is 16.6.